The summed E-state index contributed by atoms with van der Waals surface area (Å²) in [6.07, 6.45) is 3.27. The second-order valence-corrected chi connectivity index (χ2v) is 5.41. The van der Waals surface area contributed by atoms with Crippen LogP contribution in [0.3, 0.4) is 0 Å². The summed E-state index contributed by atoms with van der Waals surface area (Å²) in [7, 11) is 2.04. The van der Waals surface area contributed by atoms with Crippen molar-refractivity contribution in [2.45, 2.75) is 25.7 Å². The van der Waals surface area contributed by atoms with Crippen molar-refractivity contribution in [1.82, 2.24) is 5.32 Å². The number of para-hydroxylation sites is 1. The maximum Gasteiger partial charge on any atom is 0.240 e. The molecule has 1 amide bonds. The van der Waals surface area contributed by atoms with Crippen LogP contribution in [-0.2, 0) is 4.79 Å². The van der Waals surface area contributed by atoms with Gasteiger partial charge in [-0.05, 0) is 37.8 Å². The van der Waals surface area contributed by atoms with Crippen molar-refractivity contribution in [2.24, 2.45) is 5.41 Å². The summed E-state index contributed by atoms with van der Waals surface area (Å²) in [6.45, 7) is 1.50. The highest BCUT2D eigenvalue weighted by Crippen LogP contribution is 2.40. The van der Waals surface area contributed by atoms with E-state index in [9.17, 15) is 4.79 Å². The molecule has 1 N–H and O–H groups in total. The molecule has 1 aliphatic carbocycles. The molecule has 2 rings (SSSR count). The smallest absolute Gasteiger partial charge is 0.240 e. The van der Waals surface area contributed by atoms with Gasteiger partial charge in [-0.25, -0.2) is 0 Å². The molecule has 1 aromatic carbocycles. The van der Waals surface area contributed by atoms with E-state index >= 15 is 0 Å². The SMILES string of the molecule is CN(CCCNC(=O)C1(C#N)CCC1)c1ccccc1. The third kappa shape index (κ3) is 3.11. The Bertz CT molecular complexity index is 488. The van der Waals surface area contributed by atoms with Crippen LogP contribution in [0.5, 0.6) is 0 Å². The van der Waals surface area contributed by atoms with Gasteiger partial charge in [-0.2, -0.15) is 5.26 Å². The highest BCUT2D eigenvalue weighted by molar-refractivity contribution is 5.86. The van der Waals surface area contributed by atoms with E-state index in [0.717, 1.165) is 19.4 Å². The van der Waals surface area contributed by atoms with E-state index in [1.807, 2.05) is 25.2 Å². The molecular formula is C16H21N3O. The Kier molecular flexibility index (Phi) is 4.62. The monoisotopic (exact) mass is 271 g/mol. The molecule has 0 bridgehead atoms. The molecule has 0 spiro atoms. The number of nitrogens with zero attached hydrogens (tertiary/aromatic N) is 2. The van der Waals surface area contributed by atoms with Gasteiger partial charge in [0.1, 0.15) is 5.41 Å². The number of amides is 1. The highest BCUT2D eigenvalue weighted by Gasteiger charge is 2.44. The fourth-order valence-electron chi connectivity index (χ4n) is 2.42. The topological polar surface area (TPSA) is 56.1 Å². The van der Waals surface area contributed by atoms with E-state index in [1.54, 1.807) is 0 Å². The molecule has 4 nitrogen and oxygen atoms in total. The van der Waals surface area contributed by atoms with Gasteiger partial charge in [0.15, 0.2) is 0 Å². The van der Waals surface area contributed by atoms with Gasteiger partial charge in [0.2, 0.25) is 5.91 Å². The Hall–Kier alpha value is -2.02. The zero-order chi connectivity index (χ0) is 14.4. The Morgan fingerprint density at radius 1 is 1.40 bits per heavy atom. The lowest BCUT2D eigenvalue weighted by Gasteiger charge is -2.33. The van der Waals surface area contributed by atoms with E-state index in [0.29, 0.717) is 19.4 Å². The Morgan fingerprint density at radius 2 is 2.10 bits per heavy atom. The van der Waals surface area contributed by atoms with Gasteiger partial charge in [0.25, 0.3) is 0 Å². The minimum Gasteiger partial charge on any atom is -0.375 e. The minimum absolute atomic E-state index is 0.0892. The summed E-state index contributed by atoms with van der Waals surface area (Å²) in [6, 6.07) is 12.3. The molecule has 0 unspecified atom stereocenters. The van der Waals surface area contributed by atoms with Gasteiger partial charge in [0, 0.05) is 25.8 Å². The second kappa shape index (κ2) is 6.42. The molecule has 4 heteroatoms. The Balaban J connectivity index is 1.69. The van der Waals surface area contributed by atoms with Crippen LogP contribution >= 0.6 is 0 Å². The lowest BCUT2D eigenvalue weighted by Crippen LogP contribution is -2.45. The van der Waals surface area contributed by atoms with Crippen LogP contribution in [0.1, 0.15) is 25.7 Å². The molecule has 0 atom stereocenters. The largest absolute Gasteiger partial charge is 0.375 e. The van der Waals surface area contributed by atoms with Crippen LogP contribution in [0, 0.1) is 16.7 Å². The molecule has 0 saturated heterocycles. The Labute approximate surface area is 120 Å². The number of benzene rings is 1. The first-order valence-electron chi connectivity index (χ1n) is 7.14. The first-order valence-corrected chi connectivity index (χ1v) is 7.14. The number of nitriles is 1. The van der Waals surface area contributed by atoms with Gasteiger partial charge >= 0.3 is 0 Å². The van der Waals surface area contributed by atoms with Crippen molar-refractivity contribution >= 4 is 11.6 Å². The number of hydrogen-bond acceptors (Lipinski definition) is 3. The zero-order valence-electron chi connectivity index (χ0n) is 11.9. The number of nitrogens with one attached hydrogen (secondary N) is 1. The maximum absolute atomic E-state index is 11.9. The van der Waals surface area contributed by atoms with Gasteiger partial charge in [-0.15, -0.1) is 0 Å². The van der Waals surface area contributed by atoms with Crippen LogP contribution < -0.4 is 10.2 Å². The molecule has 1 aliphatic rings. The first-order chi connectivity index (χ1) is 9.68. The summed E-state index contributed by atoms with van der Waals surface area (Å²) >= 11 is 0. The summed E-state index contributed by atoms with van der Waals surface area (Å²) < 4.78 is 0. The van der Waals surface area contributed by atoms with Crippen molar-refractivity contribution in [3.8, 4) is 6.07 Å². The third-order valence-electron chi connectivity index (χ3n) is 4.01. The van der Waals surface area contributed by atoms with Crippen molar-refractivity contribution in [2.75, 3.05) is 25.0 Å². The summed E-state index contributed by atoms with van der Waals surface area (Å²) in [5.41, 5.74) is 0.442. The molecular weight excluding hydrogens is 250 g/mol. The van der Waals surface area contributed by atoms with Gasteiger partial charge in [-0.1, -0.05) is 18.2 Å². The first kappa shape index (κ1) is 14.4. The normalized spacial score (nSPS) is 15.8. The van der Waals surface area contributed by atoms with Crippen molar-refractivity contribution < 1.29 is 4.79 Å². The molecule has 20 heavy (non-hydrogen) atoms. The van der Waals surface area contributed by atoms with Gasteiger partial charge < -0.3 is 10.2 Å². The molecule has 1 fully saturated rings. The number of hydrogen-bond donors (Lipinski definition) is 1. The molecule has 1 aromatic rings. The number of rotatable bonds is 6. The van der Waals surface area contributed by atoms with Crippen LogP contribution in [0.4, 0.5) is 5.69 Å². The van der Waals surface area contributed by atoms with Crippen LogP contribution in [-0.4, -0.2) is 26.0 Å². The summed E-state index contributed by atoms with van der Waals surface area (Å²) in [4.78, 5) is 14.1. The maximum atomic E-state index is 11.9. The highest BCUT2D eigenvalue weighted by atomic mass is 16.2. The van der Waals surface area contributed by atoms with Crippen LogP contribution in [0.15, 0.2) is 30.3 Å². The predicted octanol–water partition coefficient (Wildman–Crippen LogP) is 2.32. The summed E-state index contributed by atoms with van der Waals surface area (Å²) in [5, 5.41) is 12.0. The summed E-state index contributed by atoms with van der Waals surface area (Å²) in [5.74, 6) is -0.0892. The standard InChI is InChI=1S/C16H21N3O/c1-19(14-7-3-2-4-8-14)12-6-11-18-15(20)16(13-17)9-5-10-16/h2-4,7-8H,5-6,9-12H2,1H3,(H,18,20). The third-order valence-corrected chi connectivity index (χ3v) is 4.01. The molecule has 0 aliphatic heterocycles. The number of carbonyl (C=O) groups is 1. The lowest BCUT2D eigenvalue weighted by atomic mass is 9.69. The second-order valence-electron chi connectivity index (χ2n) is 5.41. The molecule has 0 aromatic heterocycles. The zero-order valence-corrected chi connectivity index (χ0v) is 11.9. The van der Waals surface area contributed by atoms with Crippen LogP contribution in [0.2, 0.25) is 0 Å². The Morgan fingerprint density at radius 3 is 2.65 bits per heavy atom. The number of anilines is 1. The predicted molar refractivity (Wildman–Crippen MR) is 79.2 cm³/mol. The molecule has 0 heterocycles. The lowest BCUT2D eigenvalue weighted by molar-refractivity contribution is -0.131. The van der Waals surface area contributed by atoms with E-state index in [2.05, 4.69) is 28.4 Å². The van der Waals surface area contributed by atoms with E-state index < -0.39 is 5.41 Å². The minimum atomic E-state index is -0.731. The molecule has 106 valence electrons. The van der Waals surface area contributed by atoms with E-state index in [1.165, 1.54) is 5.69 Å². The van der Waals surface area contributed by atoms with Crippen molar-refractivity contribution in [3.63, 3.8) is 0 Å². The van der Waals surface area contributed by atoms with Gasteiger partial charge in [0.05, 0.1) is 6.07 Å². The van der Waals surface area contributed by atoms with Crippen LogP contribution in [0.25, 0.3) is 0 Å². The van der Waals surface area contributed by atoms with E-state index in [-0.39, 0.29) is 5.91 Å². The fraction of sp³-hybridized carbons (Fsp3) is 0.500. The van der Waals surface area contributed by atoms with E-state index in [4.69, 9.17) is 5.26 Å². The number of carbonyl (C=O) groups excluding carboxylic acids is 1. The quantitative estimate of drug-likeness (QED) is 0.808. The molecule has 1 saturated carbocycles. The average Bonchev–Trinajstić information content (AvgIpc) is 2.44. The average molecular weight is 271 g/mol. The van der Waals surface area contributed by atoms with Crippen molar-refractivity contribution in [1.29, 1.82) is 5.26 Å². The van der Waals surface area contributed by atoms with Gasteiger partial charge in [-0.3, -0.25) is 4.79 Å². The van der Waals surface area contributed by atoms with Crippen molar-refractivity contribution in [3.05, 3.63) is 30.3 Å². The fourth-order valence-corrected chi connectivity index (χ4v) is 2.42. The molecule has 0 radical (unpaired) electrons.